The fourth-order valence-electron chi connectivity index (χ4n) is 1.14. The minimum atomic E-state index is 0.275. The molecule has 1 heterocycles. The summed E-state index contributed by atoms with van der Waals surface area (Å²) in [6.07, 6.45) is 9.22. The van der Waals surface area contributed by atoms with E-state index in [0.717, 1.165) is 0 Å². The van der Waals surface area contributed by atoms with Gasteiger partial charge in [-0.15, -0.1) is 12.3 Å². The van der Waals surface area contributed by atoms with Crippen LogP contribution in [-0.2, 0) is 0 Å². The predicted octanol–water partition coefficient (Wildman–Crippen LogP) is 1.50. The third-order valence-corrected chi connectivity index (χ3v) is 1.87. The van der Waals surface area contributed by atoms with Crippen LogP contribution in [0.25, 0.3) is 0 Å². The van der Waals surface area contributed by atoms with E-state index >= 15 is 0 Å². The fourth-order valence-corrected chi connectivity index (χ4v) is 1.14. The SMILES string of the molecule is C#CC[C@@H](C(C)C)n1cncn1. The Morgan fingerprint density at radius 1 is 1.58 bits per heavy atom. The van der Waals surface area contributed by atoms with E-state index in [2.05, 4.69) is 29.9 Å². The van der Waals surface area contributed by atoms with Crippen LogP contribution < -0.4 is 0 Å². The molecule has 0 aromatic carbocycles. The Kier molecular flexibility index (Phi) is 2.87. The summed E-state index contributed by atoms with van der Waals surface area (Å²) in [6, 6.07) is 0.275. The summed E-state index contributed by atoms with van der Waals surface area (Å²) in [5, 5.41) is 4.07. The zero-order chi connectivity index (χ0) is 8.97. The molecule has 1 rings (SSSR count). The van der Waals surface area contributed by atoms with E-state index in [1.165, 1.54) is 6.33 Å². The summed E-state index contributed by atoms with van der Waals surface area (Å²) in [5.41, 5.74) is 0. The molecule has 0 fully saturated rings. The average Bonchev–Trinajstić information content (AvgIpc) is 2.51. The van der Waals surface area contributed by atoms with Crippen LogP contribution in [-0.4, -0.2) is 14.8 Å². The van der Waals surface area contributed by atoms with Gasteiger partial charge in [-0.05, 0) is 5.92 Å². The Bertz CT molecular complexity index is 256. The van der Waals surface area contributed by atoms with E-state index in [1.54, 1.807) is 6.33 Å². The van der Waals surface area contributed by atoms with Crippen molar-refractivity contribution >= 4 is 0 Å². The highest BCUT2D eigenvalue weighted by molar-refractivity contribution is 4.89. The smallest absolute Gasteiger partial charge is 0.137 e. The van der Waals surface area contributed by atoms with Crippen LogP contribution >= 0.6 is 0 Å². The van der Waals surface area contributed by atoms with Crippen LogP contribution in [0.5, 0.6) is 0 Å². The fraction of sp³-hybridized carbons (Fsp3) is 0.556. The van der Waals surface area contributed by atoms with Crippen molar-refractivity contribution in [2.45, 2.75) is 26.3 Å². The van der Waals surface area contributed by atoms with Gasteiger partial charge in [-0.2, -0.15) is 5.10 Å². The third-order valence-electron chi connectivity index (χ3n) is 1.87. The molecule has 0 amide bonds. The normalized spacial score (nSPS) is 12.8. The molecule has 12 heavy (non-hydrogen) atoms. The molecule has 3 heteroatoms. The molecule has 0 saturated carbocycles. The maximum absolute atomic E-state index is 5.26. The van der Waals surface area contributed by atoms with Gasteiger partial charge in [0.1, 0.15) is 12.7 Å². The molecule has 1 aromatic rings. The standard InChI is InChI=1S/C9H13N3/c1-4-5-9(8(2)3)12-7-10-6-11-12/h1,6-9H,5H2,2-3H3/t9-/m0/s1. The van der Waals surface area contributed by atoms with Gasteiger partial charge < -0.3 is 0 Å². The lowest BCUT2D eigenvalue weighted by atomic mass is 10.0. The summed E-state index contributed by atoms with van der Waals surface area (Å²) >= 11 is 0. The van der Waals surface area contributed by atoms with Crippen LogP contribution in [0, 0.1) is 18.3 Å². The minimum Gasteiger partial charge on any atom is -0.249 e. The molecule has 0 unspecified atom stereocenters. The zero-order valence-electron chi connectivity index (χ0n) is 7.44. The summed E-state index contributed by atoms with van der Waals surface area (Å²) in [4.78, 5) is 3.89. The highest BCUT2D eigenvalue weighted by atomic mass is 15.3. The molecule has 0 N–H and O–H groups in total. The van der Waals surface area contributed by atoms with Gasteiger partial charge in [-0.3, -0.25) is 0 Å². The quantitative estimate of drug-likeness (QED) is 0.632. The summed E-state index contributed by atoms with van der Waals surface area (Å²) < 4.78 is 1.82. The van der Waals surface area contributed by atoms with Gasteiger partial charge in [0.25, 0.3) is 0 Å². The van der Waals surface area contributed by atoms with Crippen molar-refractivity contribution in [3.63, 3.8) is 0 Å². The van der Waals surface area contributed by atoms with Crippen molar-refractivity contribution in [2.75, 3.05) is 0 Å². The molecule has 0 aliphatic heterocycles. The first kappa shape index (κ1) is 8.79. The number of nitrogens with zero attached hydrogens (tertiary/aromatic N) is 3. The van der Waals surface area contributed by atoms with Crippen LogP contribution in [0.3, 0.4) is 0 Å². The number of rotatable bonds is 3. The van der Waals surface area contributed by atoms with Crippen molar-refractivity contribution < 1.29 is 0 Å². The molecule has 0 bridgehead atoms. The van der Waals surface area contributed by atoms with Gasteiger partial charge in [0.15, 0.2) is 0 Å². The van der Waals surface area contributed by atoms with Crippen molar-refractivity contribution in [2.24, 2.45) is 5.92 Å². The lowest BCUT2D eigenvalue weighted by Crippen LogP contribution is -2.15. The van der Waals surface area contributed by atoms with Gasteiger partial charge in [0.2, 0.25) is 0 Å². The summed E-state index contributed by atoms with van der Waals surface area (Å²) in [7, 11) is 0. The van der Waals surface area contributed by atoms with Gasteiger partial charge in [-0.1, -0.05) is 13.8 Å². The number of hydrogen-bond acceptors (Lipinski definition) is 2. The predicted molar refractivity (Wildman–Crippen MR) is 47.3 cm³/mol. The van der Waals surface area contributed by atoms with Crippen LogP contribution in [0.4, 0.5) is 0 Å². The molecular formula is C9H13N3. The Labute approximate surface area is 72.8 Å². The molecular weight excluding hydrogens is 150 g/mol. The molecule has 1 atom stereocenters. The van der Waals surface area contributed by atoms with Crippen LogP contribution in [0.2, 0.25) is 0 Å². The molecule has 0 saturated heterocycles. The highest BCUT2D eigenvalue weighted by Gasteiger charge is 2.13. The van der Waals surface area contributed by atoms with Crippen LogP contribution in [0.1, 0.15) is 26.3 Å². The average molecular weight is 163 g/mol. The van der Waals surface area contributed by atoms with Crippen molar-refractivity contribution in [3.05, 3.63) is 12.7 Å². The molecule has 64 valence electrons. The molecule has 0 aliphatic rings. The topological polar surface area (TPSA) is 30.7 Å². The van der Waals surface area contributed by atoms with E-state index in [4.69, 9.17) is 6.42 Å². The van der Waals surface area contributed by atoms with Crippen molar-refractivity contribution in [1.29, 1.82) is 0 Å². The maximum Gasteiger partial charge on any atom is 0.137 e. The van der Waals surface area contributed by atoms with Gasteiger partial charge in [0.05, 0.1) is 6.04 Å². The second-order valence-corrected chi connectivity index (χ2v) is 3.10. The number of aromatic nitrogens is 3. The Hall–Kier alpha value is -1.30. The lowest BCUT2D eigenvalue weighted by molar-refractivity contribution is 0.352. The van der Waals surface area contributed by atoms with Gasteiger partial charge >= 0.3 is 0 Å². The number of hydrogen-bond donors (Lipinski definition) is 0. The highest BCUT2D eigenvalue weighted by Crippen LogP contribution is 2.18. The molecule has 0 spiro atoms. The van der Waals surface area contributed by atoms with Crippen molar-refractivity contribution in [1.82, 2.24) is 14.8 Å². The van der Waals surface area contributed by atoms with E-state index in [9.17, 15) is 0 Å². The minimum absolute atomic E-state index is 0.275. The van der Waals surface area contributed by atoms with E-state index in [1.807, 2.05) is 4.68 Å². The third kappa shape index (κ3) is 1.85. The first-order valence-corrected chi connectivity index (χ1v) is 4.03. The van der Waals surface area contributed by atoms with E-state index in [-0.39, 0.29) is 6.04 Å². The Morgan fingerprint density at radius 3 is 2.75 bits per heavy atom. The number of terminal acetylenes is 1. The molecule has 3 nitrogen and oxygen atoms in total. The largest absolute Gasteiger partial charge is 0.249 e. The molecule has 1 aromatic heterocycles. The molecule has 0 radical (unpaired) electrons. The first-order valence-electron chi connectivity index (χ1n) is 4.03. The second kappa shape index (κ2) is 3.91. The first-order chi connectivity index (χ1) is 5.75. The Balaban J connectivity index is 2.75. The molecule has 0 aliphatic carbocycles. The lowest BCUT2D eigenvalue weighted by Gasteiger charge is -2.17. The van der Waals surface area contributed by atoms with Gasteiger partial charge in [-0.25, -0.2) is 9.67 Å². The summed E-state index contributed by atoms with van der Waals surface area (Å²) in [5.74, 6) is 3.14. The maximum atomic E-state index is 5.26. The zero-order valence-corrected chi connectivity index (χ0v) is 7.44. The summed E-state index contributed by atoms with van der Waals surface area (Å²) in [6.45, 7) is 4.26. The monoisotopic (exact) mass is 163 g/mol. The van der Waals surface area contributed by atoms with E-state index < -0.39 is 0 Å². The van der Waals surface area contributed by atoms with Crippen LogP contribution in [0.15, 0.2) is 12.7 Å². The second-order valence-electron chi connectivity index (χ2n) is 3.10. The van der Waals surface area contributed by atoms with E-state index in [0.29, 0.717) is 12.3 Å². The van der Waals surface area contributed by atoms with Crippen molar-refractivity contribution in [3.8, 4) is 12.3 Å². The Morgan fingerprint density at radius 2 is 2.33 bits per heavy atom. The van der Waals surface area contributed by atoms with Gasteiger partial charge in [0, 0.05) is 6.42 Å².